The van der Waals surface area contributed by atoms with Gasteiger partial charge >= 0.3 is 6.03 Å². The van der Waals surface area contributed by atoms with E-state index in [1.54, 1.807) is 6.92 Å². The van der Waals surface area contributed by atoms with E-state index >= 15 is 0 Å². The average Bonchev–Trinajstić information content (AvgIpc) is 2.99. The summed E-state index contributed by atoms with van der Waals surface area (Å²) in [5, 5.41) is 9.53. The third kappa shape index (κ3) is 4.13. The van der Waals surface area contributed by atoms with Gasteiger partial charge in [-0.05, 0) is 56.2 Å². The summed E-state index contributed by atoms with van der Waals surface area (Å²) in [6, 6.07) is 6.36. The molecule has 1 aromatic carbocycles. The number of carbonyl (C=O) groups excluding carboxylic acids is 1. The van der Waals surface area contributed by atoms with Crippen molar-refractivity contribution >= 4 is 6.03 Å². The van der Waals surface area contributed by atoms with Crippen LogP contribution in [0.2, 0.25) is 0 Å². The molecular formula is C18H24N4O2. The van der Waals surface area contributed by atoms with Crippen molar-refractivity contribution in [2.24, 2.45) is 0 Å². The molecule has 2 aromatic rings. The summed E-state index contributed by atoms with van der Waals surface area (Å²) in [6.07, 6.45) is 5.39. The summed E-state index contributed by atoms with van der Waals surface area (Å²) in [4.78, 5) is 16.1. The number of carbonyl (C=O) groups is 1. The standard InChI is InChI=1S/C18H24N4O2/c1-12(15-8-7-14-5-3-4-6-16(14)11-15)20-18(23)19-10-9-17-21-13(2)22-24-17/h7-8,11-12H,3-6,9-10H2,1-2H3,(H2,19,20,23). The number of rotatable bonds is 5. The van der Waals surface area contributed by atoms with E-state index in [1.165, 1.54) is 30.4 Å². The largest absolute Gasteiger partial charge is 0.339 e. The minimum absolute atomic E-state index is 0.0251. The molecule has 6 nitrogen and oxygen atoms in total. The Kier molecular flexibility index (Phi) is 5.13. The van der Waals surface area contributed by atoms with E-state index in [-0.39, 0.29) is 12.1 Å². The molecule has 0 radical (unpaired) electrons. The van der Waals surface area contributed by atoms with Crippen molar-refractivity contribution in [3.63, 3.8) is 0 Å². The van der Waals surface area contributed by atoms with Gasteiger partial charge in [0.2, 0.25) is 5.89 Å². The van der Waals surface area contributed by atoms with Gasteiger partial charge in [-0.1, -0.05) is 23.4 Å². The Balaban J connectivity index is 1.48. The van der Waals surface area contributed by atoms with Crippen molar-refractivity contribution in [1.82, 2.24) is 20.8 Å². The number of fused-ring (bicyclic) bond motifs is 1. The van der Waals surface area contributed by atoms with Crippen LogP contribution >= 0.6 is 0 Å². The van der Waals surface area contributed by atoms with Crippen molar-refractivity contribution in [2.45, 2.75) is 52.0 Å². The molecule has 0 aliphatic heterocycles. The minimum Gasteiger partial charge on any atom is -0.339 e. The first-order chi connectivity index (χ1) is 11.6. The van der Waals surface area contributed by atoms with Crippen molar-refractivity contribution in [1.29, 1.82) is 0 Å². The number of hydrogen-bond donors (Lipinski definition) is 2. The van der Waals surface area contributed by atoms with Crippen LogP contribution in [0.25, 0.3) is 0 Å². The van der Waals surface area contributed by atoms with Gasteiger partial charge in [-0.15, -0.1) is 0 Å². The third-order valence-electron chi connectivity index (χ3n) is 4.41. The lowest BCUT2D eigenvalue weighted by atomic mass is 9.89. The SMILES string of the molecule is Cc1noc(CCNC(=O)NC(C)c2ccc3c(c2)CCCC3)n1. The molecular weight excluding hydrogens is 304 g/mol. The van der Waals surface area contributed by atoms with Gasteiger partial charge in [-0.2, -0.15) is 4.98 Å². The van der Waals surface area contributed by atoms with Crippen molar-refractivity contribution in [2.75, 3.05) is 6.54 Å². The molecule has 2 N–H and O–H groups in total. The zero-order valence-corrected chi connectivity index (χ0v) is 14.3. The topological polar surface area (TPSA) is 80.0 Å². The molecule has 0 saturated heterocycles. The molecule has 0 fully saturated rings. The van der Waals surface area contributed by atoms with E-state index in [1.807, 2.05) is 6.92 Å². The number of benzene rings is 1. The lowest BCUT2D eigenvalue weighted by molar-refractivity contribution is 0.237. The Labute approximate surface area is 142 Å². The first-order valence-corrected chi connectivity index (χ1v) is 8.57. The maximum Gasteiger partial charge on any atom is 0.315 e. The normalized spacial score (nSPS) is 14.8. The molecule has 1 aromatic heterocycles. The third-order valence-corrected chi connectivity index (χ3v) is 4.41. The summed E-state index contributed by atoms with van der Waals surface area (Å²) >= 11 is 0. The molecule has 128 valence electrons. The highest BCUT2D eigenvalue weighted by Crippen LogP contribution is 2.24. The lowest BCUT2D eigenvalue weighted by Gasteiger charge is -2.20. The van der Waals surface area contributed by atoms with Crippen molar-refractivity contribution in [3.8, 4) is 0 Å². The highest BCUT2D eigenvalue weighted by molar-refractivity contribution is 5.74. The van der Waals surface area contributed by atoms with E-state index in [0.717, 1.165) is 12.0 Å². The maximum absolute atomic E-state index is 12.0. The number of urea groups is 1. The van der Waals surface area contributed by atoms with Crippen LogP contribution in [-0.4, -0.2) is 22.7 Å². The first-order valence-electron chi connectivity index (χ1n) is 8.57. The first kappa shape index (κ1) is 16.5. The summed E-state index contributed by atoms with van der Waals surface area (Å²) in [5.74, 6) is 1.14. The van der Waals surface area contributed by atoms with Crippen LogP contribution in [0.4, 0.5) is 4.79 Å². The molecule has 1 aliphatic carbocycles. The monoisotopic (exact) mass is 328 g/mol. The Hall–Kier alpha value is -2.37. The zero-order chi connectivity index (χ0) is 16.9. The predicted octanol–water partition coefficient (Wildman–Crippen LogP) is 2.86. The van der Waals surface area contributed by atoms with Gasteiger partial charge in [0.25, 0.3) is 0 Å². The molecule has 1 heterocycles. The number of nitrogens with one attached hydrogen (secondary N) is 2. The number of hydrogen-bond acceptors (Lipinski definition) is 4. The van der Waals surface area contributed by atoms with Gasteiger partial charge in [0, 0.05) is 13.0 Å². The molecule has 0 saturated carbocycles. The Morgan fingerprint density at radius 3 is 2.83 bits per heavy atom. The molecule has 1 unspecified atom stereocenters. The molecule has 2 amide bonds. The van der Waals surface area contributed by atoms with Crippen LogP contribution in [-0.2, 0) is 19.3 Å². The van der Waals surface area contributed by atoms with Gasteiger partial charge in [-0.25, -0.2) is 4.79 Å². The zero-order valence-electron chi connectivity index (χ0n) is 14.3. The van der Waals surface area contributed by atoms with Gasteiger partial charge in [0.1, 0.15) is 0 Å². The van der Waals surface area contributed by atoms with Crippen LogP contribution in [0, 0.1) is 6.92 Å². The quantitative estimate of drug-likeness (QED) is 0.884. The van der Waals surface area contributed by atoms with E-state index in [0.29, 0.717) is 24.7 Å². The van der Waals surface area contributed by atoms with E-state index in [4.69, 9.17) is 4.52 Å². The summed E-state index contributed by atoms with van der Waals surface area (Å²) in [5.41, 5.74) is 4.04. The Morgan fingerprint density at radius 2 is 2.08 bits per heavy atom. The minimum atomic E-state index is -0.184. The van der Waals surface area contributed by atoms with Gasteiger partial charge in [0.15, 0.2) is 5.82 Å². The van der Waals surface area contributed by atoms with Crippen LogP contribution in [0.5, 0.6) is 0 Å². The molecule has 0 spiro atoms. The highest BCUT2D eigenvalue weighted by Gasteiger charge is 2.14. The average molecular weight is 328 g/mol. The molecule has 1 atom stereocenters. The second kappa shape index (κ2) is 7.47. The van der Waals surface area contributed by atoms with Crippen molar-refractivity contribution < 1.29 is 9.32 Å². The molecule has 1 aliphatic rings. The smallest absolute Gasteiger partial charge is 0.315 e. The second-order valence-corrected chi connectivity index (χ2v) is 6.34. The Bertz CT molecular complexity index is 711. The van der Waals surface area contributed by atoms with E-state index in [9.17, 15) is 4.79 Å². The van der Waals surface area contributed by atoms with Crippen LogP contribution in [0.3, 0.4) is 0 Å². The summed E-state index contributed by atoms with van der Waals surface area (Å²) in [7, 11) is 0. The number of nitrogens with zero attached hydrogens (tertiary/aromatic N) is 2. The number of aryl methyl sites for hydroxylation is 3. The molecule has 24 heavy (non-hydrogen) atoms. The number of amides is 2. The summed E-state index contributed by atoms with van der Waals surface area (Å²) in [6.45, 7) is 4.24. The highest BCUT2D eigenvalue weighted by atomic mass is 16.5. The van der Waals surface area contributed by atoms with Crippen LogP contribution in [0.15, 0.2) is 22.7 Å². The molecule has 6 heteroatoms. The van der Waals surface area contributed by atoms with Crippen LogP contribution < -0.4 is 10.6 Å². The van der Waals surface area contributed by atoms with E-state index in [2.05, 4.69) is 39.0 Å². The van der Waals surface area contributed by atoms with Crippen LogP contribution in [0.1, 0.15) is 54.2 Å². The Morgan fingerprint density at radius 1 is 1.29 bits per heavy atom. The maximum atomic E-state index is 12.0. The second-order valence-electron chi connectivity index (χ2n) is 6.34. The fourth-order valence-electron chi connectivity index (χ4n) is 3.08. The lowest BCUT2D eigenvalue weighted by Crippen LogP contribution is -2.38. The van der Waals surface area contributed by atoms with Gasteiger partial charge in [-0.3, -0.25) is 0 Å². The molecule has 3 rings (SSSR count). The molecule has 0 bridgehead atoms. The summed E-state index contributed by atoms with van der Waals surface area (Å²) < 4.78 is 5.02. The fourth-order valence-corrected chi connectivity index (χ4v) is 3.08. The van der Waals surface area contributed by atoms with Gasteiger partial charge < -0.3 is 15.2 Å². The number of aromatic nitrogens is 2. The fraction of sp³-hybridized carbons (Fsp3) is 0.500. The van der Waals surface area contributed by atoms with Crippen molar-refractivity contribution in [3.05, 3.63) is 46.6 Å². The predicted molar refractivity (Wildman–Crippen MR) is 90.8 cm³/mol. The van der Waals surface area contributed by atoms with E-state index < -0.39 is 0 Å². The van der Waals surface area contributed by atoms with Gasteiger partial charge in [0.05, 0.1) is 6.04 Å².